The van der Waals surface area contributed by atoms with Gasteiger partial charge in [0.15, 0.2) is 0 Å². The largest absolute Gasteiger partial charge is 1.00 e. The first-order chi connectivity index (χ1) is 9.58. The zero-order valence-corrected chi connectivity index (χ0v) is 14.4. The van der Waals surface area contributed by atoms with Crippen molar-refractivity contribution < 1.29 is 71.2 Å². The van der Waals surface area contributed by atoms with Gasteiger partial charge in [0.1, 0.15) is 0 Å². The Balaban J connectivity index is 0.00000220. The minimum Gasteiger partial charge on any atom is -0.545 e. The number of carbonyl (C=O) groups is 2. The molecule has 0 spiro atoms. The average Bonchev–Trinajstić information content (AvgIpc) is 2.45. The van der Waals surface area contributed by atoms with Crippen LogP contribution >= 0.6 is 0 Å². The van der Waals surface area contributed by atoms with Gasteiger partial charge >= 0.3 is 57.4 Å². The Morgan fingerprint density at radius 2 is 1.52 bits per heavy atom. The molecule has 0 bridgehead atoms. The van der Waals surface area contributed by atoms with E-state index in [4.69, 9.17) is 5.11 Å². The first kappa shape index (κ1) is 17.6. The van der Waals surface area contributed by atoms with E-state index < -0.39 is 11.9 Å². The van der Waals surface area contributed by atoms with Gasteiger partial charge in [-0.15, -0.1) is 0 Å². The molecule has 0 unspecified atom stereocenters. The molecule has 2 rings (SSSR count). The molecular weight excluding hydrogens is 295 g/mol. The van der Waals surface area contributed by atoms with Gasteiger partial charge in [-0.3, -0.25) is 0 Å². The predicted molar refractivity (Wildman–Crippen MR) is 70.2 cm³/mol. The molecule has 0 amide bonds. The average molecular weight is 304 g/mol. The van der Waals surface area contributed by atoms with E-state index in [0.29, 0.717) is 5.56 Å². The van der Waals surface area contributed by atoms with Crippen LogP contribution in [-0.2, 0) is 0 Å². The molecule has 4 nitrogen and oxygen atoms in total. The molecule has 2 aromatic rings. The van der Waals surface area contributed by atoms with Crippen molar-refractivity contribution in [1.29, 1.82) is 0 Å². The van der Waals surface area contributed by atoms with Crippen molar-refractivity contribution in [2.45, 2.75) is 0 Å². The molecule has 1 N–H and O–H groups in total. The third kappa shape index (κ3) is 4.81. The van der Waals surface area contributed by atoms with Crippen LogP contribution in [0.15, 0.2) is 48.5 Å². The minimum absolute atomic E-state index is 0. The van der Waals surface area contributed by atoms with E-state index in [0.717, 1.165) is 5.56 Å². The van der Waals surface area contributed by atoms with Gasteiger partial charge in [0.25, 0.3) is 0 Å². The molecule has 2 aromatic carbocycles. The summed E-state index contributed by atoms with van der Waals surface area (Å²) in [6.45, 7) is 0. The molecule has 0 aromatic heterocycles. The van der Waals surface area contributed by atoms with Gasteiger partial charge in [-0.25, -0.2) is 4.79 Å². The number of carboxylic acid groups (broad SMARTS) is 2. The van der Waals surface area contributed by atoms with Gasteiger partial charge in [-0.2, -0.15) is 0 Å². The predicted octanol–water partition coefficient (Wildman–Crippen LogP) is -1.85. The van der Waals surface area contributed by atoms with E-state index in [9.17, 15) is 14.7 Å². The normalized spacial score (nSPS) is 8.95. The van der Waals surface area contributed by atoms with Crippen LogP contribution in [0, 0.1) is 11.8 Å². The number of hydrogen-bond acceptors (Lipinski definition) is 3. The maximum atomic E-state index is 11.0. The summed E-state index contributed by atoms with van der Waals surface area (Å²) in [5.41, 5.74) is 0.525. The summed E-state index contributed by atoms with van der Waals surface area (Å²) in [6, 6.07) is 13.0. The Morgan fingerprint density at radius 3 is 2.10 bits per heavy atom. The van der Waals surface area contributed by atoms with E-state index in [1.807, 2.05) is 30.3 Å². The molecule has 0 aliphatic carbocycles. The molecule has 0 fully saturated rings. The maximum absolute atomic E-state index is 11.0. The van der Waals surface area contributed by atoms with Crippen LogP contribution in [0.25, 0.3) is 0 Å². The molecular formula is C16H9KO4. The maximum Gasteiger partial charge on any atom is 1.00 e. The number of carboxylic acids is 2. The van der Waals surface area contributed by atoms with Crippen LogP contribution < -0.4 is 56.5 Å². The Morgan fingerprint density at radius 1 is 0.905 bits per heavy atom. The smallest absolute Gasteiger partial charge is 0.545 e. The molecule has 0 aliphatic rings. The number of hydrogen-bond donors (Lipinski definition) is 1. The van der Waals surface area contributed by atoms with Gasteiger partial charge < -0.3 is 15.0 Å². The molecule has 5 heteroatoms. The Labute approximate surface area is 164 Å². The second kappa shape index (κ2) is 8.13. The van der Waals surface area contributed by atoms with Crippen molar-refractivity contribution in [3.8, 4) is 11.8 Å². The zero-order valence-electron chi connectivity index (χ0n) is 11.3. The summed E-state index contributed by atoms with van der Waals surface area (Å²) in [4.78, 5) is 21.8. The van der Waals surface area contributed by atoms with E-state index in [1.165, 1.54) is 18.2 Å². The number of carbonyl (C=O) groups excluding carboxylic acids is 1. The topological polar surface area (TPSA) is 77.4 Å². The summed E-state index contributed by atoms with van der Waals surface area (Å²) in [6.07, 6.45) is 0. The van der Waals surface area contributed by atoms with Crippen molar-refractivity contribution in [3.05, 3.63) is 70.8 Å². The Hall–Kier alpha value is -1.42. The van der Waals surface area contributed by atoms with Crippen molar-refractivity contribution in [1.82, 2.24) is 0 Å². The quantitative estimate of drug-likeness (QED) is 0.522. The molecule has 0 heterocycles. The number of aromatic carboxylic acids is 2. The van der Waals surface area contributed by atoms with Crippen LogP contribution in [0.4, 0.5) is 0 Å². The number of rotatable bonds is 2. The SMILES string of the molecule is O=C([O-])c1ccc(C#Cc2ccccc2)cc1C(=O)O.[K+]. The first-order valence-electron chi connectivity index (χ1n) is 5.73. The Kier molecular flexibility index (Phi) is 6.82. The summed E-state index contributed by atoms with van der Waals surface area (Å²) in [5, 5.41) is 19.8. The third-order valence-corrected chi connectivity index (χ3v) is 2.59. The van der Waals surface area contributed by atoms with E-state index in [1.54, 1.807) is 0 Å². The van der Waals surface area contributed by atoms with Crippen molar-refractivity contribution >= 4 is 11.9 Å². The fraction of sp³-hybridized carbons (Fsp3) is 0. The molecule has 98 valence electrons. The number of benzene rings is 2. The molecule has 0 saturated heterocycles. The monoisotopic (exact) mass is 304 g/mol. The summed E-state index contributed by atoms with van der Waals surface area (Å²) < 4.78 is 0. The molecule has 0 aliphatic heterocycles. The summed E-state index contributed by atoms with van der Waals surface area (Å²) in [7, 11) is 0. The summed E-state index contributed by atoms with van der Waals surface area (Å²) >= 11 is 0. The van der Waals surface area contributed by atoms with Crippen molar-refractivity contribution in [2.24, 2.45) is 0 Å². The molecule has 0 atom stereocenters. The van der Waals surface area contributed by atoms with Gasteiger partial charge in [0.05, 0.1) is 11.5 Å². The molecule has 21 heavy (non-hydrogen) atoms. The van der Waals surface area contributed by atoms with Crippen LogP contribution in [0.3, 0.4) is 0 Å². The van der Waals surface area contributed by atoms with E-state index in [-0.39, 0.29) is 62.5 Å². The molecule has 0 saturated carbocycles. The first-order valence-corrected chi connectivity index (χ1v) is 5.73. The van der Waals surface area contributed by atoms with Crippen LogP contribution in [0.2, 0.25) is 0 Å². The second-order valence-corrected chi connectivity index (χ2v) is 3.97. The zero-order chi connectivity index (χ0) is 14.5. The van der Waals surface area contributed by atoms with E-state index >= 15 is 0 Å². The van der Waals surface area contributed by atoms with E-state index in [2.05, 4.69) is 11.8 Å². The van der Waals surface area contributed by atoms with Crippen molar-refractivity contribution in [2.75, 3.05) is 0 Å². The summed E-state index contributed by atoms with van der Waals surface area (Å²) in [5.74, 6) is 2.82. The van der Waals surface area contributed by atoms with Crippen molar-refractivity contribution in [3.63, 3.8) is 0 Å². The fourth-order valence-electron chi connectivity index (χ4n) is 1.64. The van der Waals surface area contributed by atoms with Crippen LogP contribution in [0.5, 0.6) is 0 Å². The Bertz CT molecular complexity index is 727. The van der Waals surface area contributed by atoms with Gasteiger partial charge in [-0.1, -0.05) is 36.1 Å². The fourth-order valence-corrected chi connectivity index (χ4v) is 1.64. The standard InChI is InChI=1S/C16H10O4.K/c17-15(18)13-9-8-12(10-14(13)16(19)20)7-6-11-4-2-1-3-5-11;/h1-5,8-10H,(H,17,18)(H,19,20);/q;+1/p-1. The van der Waals surface area contributed by atoms with Gasteiger partial charge in [0.2, 0.25) is 0 Å². The van der Waals surface area contributed by atoms with Gasteiger partial charge in [0, 0.05) is 16.7 Å². The third-order valence-electron chi connectivity index (χ3n) is 2.59. The second-order valence-electron chi connectivity index (χ2n) is 3.97. The minimum atomic E-state index is -1.52. The van der Waals surface area contributed by atoms with Crippen LogP contribution in [0.1, 0.15) is 31.8 Å². The van der Waals surface area contributed by atoms with Crippen LogP contribution in [-0.4, -0.2) is 17.0 Å². The van der Waals surface area contributed by atoms with Gasteiger partial charge in [-0.05, 0) is 24.3 Å². The molecule has 0 radical (unpaired) electrons.